The van der Waals surface area contributed by atoms with E-state index in [-0.39, 0.29) is 10.8 Å². The van der Waals surface area contributed by atoms with E-state index in [1.807, 2.05) is 7.05 Å². The average molecular weight is 238 g/mol. The number of rotatable bonds is 4. The first-order valence-electron chi connectivity index (χ1n) is 5.38. The second kappa shape index (κ2) is 4.37. The zero-order valence-electron chi connectivity index (χ0n) is 9.24. The Bertz CT molecular complexity index is 415. The van der Waals surface area contributed by atoms with Gasteiger partial charge in [0.25, 0.3) is 0 Å². The summed E-state index contributed by atoms with van der Waals surface area (Å²) in [6.45, 7) is 0.987. The summed E-state index contributed by atoms with van der Waals surface area (Å²) in [6, 6.07) is 4.59. The highest BCUT2D eigenvalue weighted by atomic mass is 32.1. The predicted molar refractivity (Wildman–Crippen MR) is 68.3 cm³/mol. The second-order valence-electron chi connectivity index (χ2n) is 4.35. The van der Waals surface area contributed by atoms with E-state index in [0.29, 0.717) is 5.56 Å². The fourth-order valence-electron chi connectivity index (χ4n) is 1.82. The summed E-state index contributed by atoms with van der Waals surface area (Å²) in [7, 11) is 1.99. The predicted octanol–water partition coefficient (Wildman–Crippen LogP) is 2.31. The molecule has 1 aromatic rings. The Morgan fingerprint density at radius 1 is 1.56 bits per heavy atom. The largest absolute Gasteiger partial charge is 0.389 e. The van der Waals surface area contributed by atoms with Gasteiger partial charge in [0, 0.05) is 24.8 Å². The molecule has 0 saturated heterocycles. The van der Waals surface area contributed by atoms with Crippen LogP contribution in [0.15, 0.2) is 18.2 Å². The van der Waals surface area contributed by atoms with Gasteiger partial charge in [-0.25, -0.2) is 4.39 Å². The first-order valence-corrected chi connectivity index (χ1v) is 5.79. The van der Waals surface area contributed by atoms with Crippen LogP contribution in [0, 0.1) is 11.7 Å². The van der Waals surface area contributed by atoms with Gasteiger partial charge in [0.15, 0.2) is 0 Å². The minimum absolute atomic E-state index is 0.247. The maximum Gasteiger partial charge on any atom is 0.124 e. The third kappa shape index (κ3) is 2.50. The van der Waals surface area contributed by atoms with E-state index >= 15 is 0 Å². The molecule has 2 nitrogen and oxygen atoms in total. The Morgan fingerprint density at radius 3 is 2.81 bits per heavy atom. The molecule has 0 aromatic heterocycles. The highest BCUT2D eigenvalue weighted by Crippen LogP contribution is 2.31. The molecule has 0 amide bonds. The number of thiocarbonyl (C=S) groups is 1. The topological polar surface area (TPSA) is 29.3 Å². The van der Waals surface area contributed by atoms with Crippen LogP contribution < -0.4 is 10.6 Å². The fraction of sp³-hybridized carbons (Fsp3) is 0.417. The van der Waals surface area contributed by atoms with Crippen molar-refractivity contribution < 1.29 is 4.39 Å². The van der Waals surface area contributed by atoms with Crippen molar-refractivity contribution in [3.05, 3.63) is 29.6 Å². The highest BCUT2D eigenvalue weighted by molar-refractivity contribution is 7.80. The molecule has 4 heteroatoms. The maximum atomic E-state index is 13.1. The van der Waals surface area contributed by atoms with E-state index in [2.05, 4.69) is 4.90 Å². The molecule has 86 valence electrons. The number of benzene rings is 1. The van der Waals surface area contributed by atoms with Gasteiger partial charge in [0.2, 0.25) is 0 Å². The lowest BCUT2D eigenvalue weighted by Gasteiger charge is -2.22. The van der Waals surface area contributed by atoms with Crippen molar-refractivity contribution in [3.8, 4) is 0 Å². The van der Waals surface area contributed by atoms with Gasteiger partial charge in [0.1, 0.15) is 10.8 Å². The molecule has 16 heavy (non-hydrogen) atoms. The van der Waals surface area contributed by atoms with Gasteiger partial charge in [-0.15, -0.1) is 0 Å². The lowest BCUT2D eigenvalue weighted by Crippen LogP contribution is -2.24. The average Bonchev–Trinajstić information content (AvgIpc) is 3.01. The lowest BCUT2D eigenvalue weighted by atomic mass is 10.1. The molecular weight excluding hydrogens is 223 g/mol. The monoisotopic (exact) mass is 238 g/mol. The molecule has 1 saturated carbocycles. The van der Waals surface area contributed by atoms with Crippen molar-refractivity contribution in [1.29, 1.82) is 0 Å². The van der Waals surface area contributed by atoms with Crippen molar-refractivity contribution in [1.82, 2.24) is 0 Å². The molecule has 1 aliphatic rings. The molecule has 2 rings (SSSR count). The van der Waals surface area contributed by atoms with E-state index < -0.39 is 0 Å². The van der Waals surface area contributed by atoms with Crippen molar-refractivity contribution in [2.45, 2.75) is 12.8 Å². The minimum Gasteiger partial charge on any atom is -0.389 e. The van der Waals surface area contributed by atoms with Crippen LogP contribution in [-0.2, 0) is 0 Å². The Balaban J connectivity index is 2.26. The maximum absolute atomic E-state index is 13.1. The molecule has 0 radical (unpaired) electrons. The molecular formula is C12H15FN2S. The number of halogens is 1. The molecule has 1 fully saturated rings. The van der Waals surface area contributed by atoms with Gasteiger partial charge in [-0.2, -0.15) is 0 Å². The quantitative estimate of drug-likeness (QED) is 0.816. The lowest BCUT2D eigenvalue weighted by molar-refractivity contribution is 0.627. The van der Waals surface area contributed by atoms with Crippen molar-refractivity contribution in [3.63, 3.8) is 0 Å². The van der Waals surface area contributed by atoms with Crippen LogP contribution in [0.1, 0.15) is 18.4 Å². The van der Waals surface area contributed by atoms with Gasteiger partial charge in [-0.1, -0.05) is 12.2 Å². The summed E-state index contributed by atoms with van der Waals surface area (Å²) in [5.74, 6) is 0.473. The van der Waals surface area contributed by atoms with E-state index in [9.17, 15) is 4.39 Å². The number of nitrogens with zero attached hydrogens (tertiary/aromatic N) is 1. The Hall–Kier alpha value is -1.16. The number of hydrogen-bond acceptors (Lipinski definition) is 2. The van der Waals surface area contributed by atoms with E-state index in [1.165, 1.54) is 25.0 Å². The van der Waals surface area contributed by atoms with Crippen LogP contribution in [0.5, 0.6) is 0 Å². The van der Waals surface area contributed by atoms with Gasteiger partial charge < -0.3 is 10.6 Å². The van der Waals surface area contributed by atoms with Crippen LogP contribution in [0.4, 0.5) is 10.1 Å². The Morgan fingerprint density at radius 2 is 2.25 bits per heavy atom. The zero-order chi connectivity index (χ0) is 11.7. The van der Waals surface area contributed by atoms with Gasteiger partial charge in [0.05, 0.1) is 0 Å². The molecule has 0 aliphatic heterocycles. The second-order valence-corrected chi connectivity index (χ2v) is 4.79. The SMILES string of the molecule is CN(CC1CC1)c1ccc(F)cc1C(N)=S. The smallest absolute Gasteiger partial charge is 0.124 e. The minimum atomic E-state index is -0.300. The molecule has 0 spiro atoms. The third-order valence-corrected chi connectivity index (χ3v) is 3.08. The number of anilines is 1. The van der Waals surface area contributed by atoms with Crippen LogP contribution in [0.3, 0.4) is 0 Å². The Kier molecular flexibility index (Phi) is 3.10. The summed E-state index contributed by atoms with van der Waals surface area (Å²) in [5, 5.41) is 0. The van der Waals surface area contributed by atoms with Crippen LogP contribution in [0.2, 0.25) is 0 Å². The summed E-state index contributed by atoms with van der Waals surface area (Å²) < 4.78 is 13.1. The third-order valence-electron chi connectivity index (χ3n) is 2.86. The zero-order valence-corrected chi connectivity index (χ0v) is 10.1. The highest BCUT2D eigenvalue weighted by Gasteiger charge is 2.24. The molecule has 0 atom stereocenters. The first-order chi connectivity index (χ1) is 7.58. The van der Waals surface area contributed by atoms with Crippen molar-refractivity contribution >= 4 is 22.9 Å². The summed E-state index contributed by atoms with van der Waals surface area (Å²) in [4.78, 5) is 2.35. The van der Waals surface area contributed by atoms with E-state index in [0.717, 1.165) is 18.2 Å². The fourth-order valence-corrected chi connectivity index (χ4v) is 1.99. The van der Waals surface area contributed by atoms with Crippen LogP contribution in [0.25, 0.3) is 0 Å². The normalized spacial score (nSPS) is 14.9. The van der Waals surface area contributed by atoms with Gasteiger partial charge in [-0.3, -0.25) is 0 Å². The molecule has 0 unspecified atom stereocenters. The number of nitrogens with two attached hydrogens (primary N) is 1. The first kappa shape index (κ1) is 11.3. The Labute approximate surface area is 100 Å². The molecule has 0 bridgehead atoms. The van der Waals surface area contributed by atoms with Crippen LogP contribution in [-0.4, -0.2) is 18.6 Å². The molecule has 1 aliphatic carbocycles. The van der Waals surface area contributed by atoms with Gasteiger partial charge in [-0.05, 0) is 37.0 Å². The summed E-state index contributed by atoms with van der Waals surface area (Å²) >= 11 is 4.94. The number of hydrogen-bond donors (Lipinski definition) is 1. The summed E-state index contributed by atoms with van der Waals surface area (Å²) in [6.07, 6.45) is 2.57. The van der Waals surface area contributed by atoms with E-state index in [4.69, 9.17) is 18.0 Å². The molecule has 0 heterocycles. The van der Waals surface area contributed by atoms with E-state index in [1.54, 1.807) is 6.07 Å². The molecule has 2 N–H and O–H groups in total. The van der Waals surface area contributed by atoms with Crippen molar-refractivity contribution in [2.24, 2.45) is 11.7 Å². The van der Waals surface area contributed by atoms with Crippen LogP contribution >= 0.6 is 12.2 Å². The standard InChI is InChI=1S/C12H15FN2S/c1-15(7-8-2-3-8)11-5-4-9(13)6-10(11)12(14)16/h4-6,8H,2-3,7H2,1H3,(H2,14,16). The van der Waals surface area contributed by atoms with Crippen molar-refractivity contribution in [2.75, 3.05) is 18.5 Å². The summed E-state index contributed by atoms with van der Waals surface area (Å²) in [5.41, 5.74) is 7.15. The molecule has 1 aromatic carbocycles. The van der Waals surface area contributed by atoms with Gasteiger partial charge >= 0.3 is 0 Å².